The number of aliphatic hydroxyl groups excluding tert-OH is 1. The molecule has 376 valence electrons. The summed E-state index contributed by atoms with van der Waals surface area (Å²) in [6.07, 6.45) is 21.1. The summed E-state index contributed by atoms with van der Waals surface area (Å²) in [4.78, 5) is 48.5. The fraction of sp³-hybridized carbons (Fsp3) is 0.746. The van der Waals surface area contributed by atoms with Crippen molar-refractivity contribution in [2.75, 3.05) is 19.8 Å². The van der Waals surface area contributed by atoms with Crippen molar-refractivity contribution >= 4 is 17.7 Å². The van der Waals surface area contributed by atoms with E-state index in [4.69, 9.17) is 23.4 Å². The van der Waals surface area contributed by atoms with Crippen molar-refractivity contribution in [3.8, 4) is 0 Å². The highest BCUT2D eigenvalue weighted by Crippen LogP contribution is 2.84. The molecule has 6 aliphatic heterocycles. The van der Waals surface area contributed by atoms with Gasteiger partial charge in [-0.3, -0.25) is 14.9 Å². The molecule has 1 aromatic heterocycles. The number of fused-ring (bicyclic) bond motifs is 5. The number of carbonyl (C=O) groups excluding carboxylic acids is 3. The zero-order chi connectivity index (χ0) is 47.6. The first-order chi connectivity index (χ1) is 33.8. The maximum Gasteiger partial charge on any atom is 0.339 e. The van der Waals surface area contributed by atoms with Gasteiger partial charge in [-0.1, -0.05) is 75.4 Å². The Morgan fingerprint density at radius 1 is 0.857 bits per heavy atom. The van der Waals surface area contributed by atoms with Crippen LogP contribution in [0.5, 0.6) is 0 Å². The molecular formula is C59H76N2O9. The van der Waals surface area contributed by atoms with Crippen molar-refractivity contribution < 1.29 is 42.9 Å². The summed E-state index contributed by atoms with van der Waals surface area (Å²) < 4.78 is 34.6. The van der Waals surface area contributed by atoms with Gasteiger partial charge >= 0.3 is 11.9 Å². The lowest BCUT2D eigenvalue weighted by atomic mass is 9.32. The molecule has 14 rings (SSSR count). The third kappa shape index (κ3) is 5.81. The molecule has 0 bridgehead atoms. The number of esters is 2. The highest BCUT2D eigenvalue weighted by Gasteiger charge is 2.94. The van der Waals surface area contributed by atoms with Gasteiger partial charge in [-0.15, -0.1) is 0 Å². The van der Waals surface area contributed by atoms with E-state index in [1.807, 2.05) is 19.9 Å². The molecule has 0 amide bonds. The average molecular weight is 957 g/mol. The smallest absolute Gasteiger partial charge is 0.339 e. The number of furan rings is 1. The fourth-order valence-corrected chi connectivity index (χ4v) is 20.6. The van der Waals surface area contributed by atoms with Gasteiger partial charge in [0.25, 0.3) is 0 Å². The normalized spacial score (nSPS) is 47.9. The van der Waals surface area contributed by atoms with Crippen LogP contribution in [-0.4, -0.2) is 83.1 Å². The maximum atomic E-state index is 16.2. The largest absolute Gasteiger partial charge is 0.469 e. The minimum Gasteiger partial charge on any atom is -0.469 e. The Morgan fingerprint density at radius 2 is 1.70 bits per heavy atom. The van der Waals surface area contributed by atoms with E-state index in [0.717, 1.165) is 95.2 Å². The maximum absolute atomic E-state index is 16.2. The van der Waals surface area contributed by atoms with E-state index in [2.05, 4.69) is 59.7 Å². The van der Waals surface area contributed by atoms with Crippen LogP contribution in [0.15, 0.2) is 59.4 Å². The number of epoxide rings is 1. The van der Waals surface area contributed by atoms with Gasteiger partial charge in [0.05, 0.1) is 36.0 Å². The number of ketones is 1. The lowest BCUT2D eigenvalue weighted by Crippen LogP contribution is -2.80. The number of nitrogens with one attached hydrogen (secondary N) is 1. The monoisotopic (exact) mass is 957 g/mol. The van der Waals surface area contributed by atoms with Crippen LogP contribution in [0.4, 0.5) is 0 Å². The summed E-state index contributed by atoms with van der Waals surface area (Å²) in [6, 6.07) is 13.3. The molecule has 2 N–H and O–H groups in total. The summed E-state index contributed by atoms with van der Waals surface area (Å²) in [6.45, 7) is 8.40. The Labute approximate surface area is 413 Å². The number of cyclic esters (lactones) is 2. The number of hydrogen-bond donors (Lipinski definition) is 2. The number of ether oxygens (including phenoxy) is 4. The molecule has 12 aliphatic rings. The van der Waals surface area contributed by atoms with Crippen LogP contribution < -0.4 is 5.32 Å². The van der Waals surface area contributed by atoms with Crippen LogP contribution in [0.3, 0.4) is 0 Å². The Balaban J connectivity index is 0.867. The predicted octanol–water partition coefficient (Wildman–Crippen LogP) is 9.20. The molecule has 1 aromatic carbocycles. The molecule has 17 atom stereocenters. The van der Waals surface area contributed by atoms with Crippen molar-refractivity contribution in [1.82, 2.24) is 10.2 Å². The molecule has 0 radical (unpaired) electrons. The fourth-order valence-electron chi connectivity index (χ4n) is 20.6. The summed E-state index contributed by atoms with van der Waals surface area (Å²) in [5.74, 6) is 1.09. The number of rotatable bonds is 7. The molecule has 7 heterocycles. The Morgan fingerprint density at radius 3 is 2.54 bits per heavy atom. The Bertz CT molecular complexity index is 2480. The molecule has 6 aliphatic carbocycles. The molecular weight excluding hydrogens is 881 g/mol. The number of benzene rings is 1. The topological polar surface area (TPSA) is 140 Å². The molecule has 0 unspecified atom stereocenters. The van der Waals surface area contributed by atoms with Gasteiger partial charge in [0, 0.05) is 40.8 Å². The van der Waals surface area contributed by atoms with Gasteiger partial charge < -0.3 is 33.4 Å². The SMILES string of the molecule is CC1(C)O[C@H]2[C@@]3(CCC4(CCCC4)C3)C(=O)OC[C@@]23[C@@H]1C(=O)[C@@H](O)[C@]1([C@H]2CCC[C@@H](Cc4ccccc4)C2)[C@@H]3CC[C@@]2(C)[C@H](c3ccoc3CC[C@H]3CC[C@H]4[C@H](C=CN5CNC[C@@H]45)C3)OC(=O)[C@H]3O[C@@]312. The quantitative estimate of drug-likeness (QED) is 0.203. The predicted molar refractivity (Wildman–Crippen MR) is 258 cm³/mol. The minimum absolute atomic E-state index is 0.0745. The lowest BCUT2D eigenvalue weighted by molar-refractivity contribution is -0.285. The lowest BCUT2D eigenvalue weighted by Gasteiger charge is -2.70. The van der Waals surface area contributed by atoms with E-state index in [-0.39, 0.29) is 35.6 Å². The zero-order valence-electron chi connectivity index (χ0n) is 41.8. The van der Waals surface area contributed by atoms with Gasteiger partial charge in [0.15, 0.2) is 11.9 Å². The third-order valence-electron chi connectivity index (χ3n) is 23.1. The zero-order valence-corrected chi connectivity index (χ0v) is 41.8. The molecule has 11 fully saturated rings. The van der Waals surface area contributed by atoms with Crippen LogP contribution in [0.25, 0.3) is 0 Å². The number of carbonyl (C=O) groups is 3. The molecule has 70 heavy (non-hydrogen) atoms. The van der Waals surface area contributed by atoms with E-state index in [9.17, 15) is 9.90 Å². The summed E-state index contributed by atoms with van der Waals surface area (Å²) in [7, 11) is 0. The molecule has 4 spiro atoms. The highest BCUT2D eigenvalue weighted by molar-refractivity contribution is 5.93. The first-order valence-corrected chi connectivity index (χ1v) is 28.0. The van der Waals surface area contributed by atoms with Gasteiger partial charge in [-0.05, 0) is 156 Å². The summed E-state index contributed by atoms with van der Waals surface area (Å²) in [5.41, 5.74) is -3.68. The Kier molecular flexibility index (Phi) is 10.0. The molecule has 11 nitrogen and oxygen atoms in total. The van der Waals surface area contributed by atoms with E-state index in [0.29, 0.717) is 49.0 Å². The van der Waals surface area contributed by atoms with Crippen molar-refractivity contribution in [2.24, 2.45) is 68.5 Å². The first kappa shape index (κ1) is 45.1. The van der Waals surface area contributed by atoms with Gasteiger partial charge in [-0.2, -0.15) is 0 Å². The first-order valence-electron chi connectivity index (χ1n) is 28.0. The molecule has 2 aromatic rings. The summed E-state index contributed by atoms with van der Waals surface area (Å²) >= 11 is 0. The second-order valence-electron chi connectivity index (χ2n) is 26.4. The number of allylic oxidation sites excluding steroid dienone is 1. The highest BCUT2D eigenvalue weighted by atomic mass is 16.7. The average Bonchev–Trinajstić information content (AvgIpc) is 3.94. The van der Waals surface area contributed by atoms with E-state index < -0.39 is 69.2 Å². The number of aryl methyl sites for hydroxylation is 1. The molecule has 6 saturated carbocycles. The number of nitrogens with zero attached hydrogens (tertiary/aromatic N) is 1. The van der Waals surface area contributed by atoms with Crippen LogP contribution in [0.1, 0.15) is 153 Å². The molecule has 5 saturated heterocycles. The van der Waals surface area contributed by atoms with Gasteiger partial charge in [-0.25, -0.2) is 4.79 Å². The van der Waals surface area contributed by atoms with Crippen LogP contribution in [0, 0.1) is 68.5 Å². The van der Waals surface area contributed by atoms with Crippen LogP contribution in [-0.2, 0) is 46.2 Å². The minimum atomic E-state index is -1.41. The molecule has 11 heteroatoms. The van der Waals surface area contributed by atoms with Crippen molar-refractivity contribution in [3.63, 3.8) is 0 Å². The second kappa shape index (κ2) is 15.5. The number of hydrogen-bond acceptors (Lipinski definition) is 11. The van der Waals surface area contributed by atoms with Gasteiger partial charge in [0.1, 0.15) is 30.2 Å². The van der Waals surface area contributed by atoms with Crippen LogP contribution >= 0.6 is 0 Å². The van der Waals surface area contributed by atoms with E-state index in [1.54, 1.807) is 6.26 Å². The van der Waals surface area contributed by atoms with Crippen molar-refractivity contribution in [1.29, 1.82) is 0 Å². The van der Waals surface area contributed by atoms with E-state index in [1.165, 1.54) is 37.7 Å². The van der Waals surface area contributed by atoms with E-state index >= 15 is 9.59 Å². The van der Waals surface area contributed by atoms with Gasteiger partial charge in [0.2, 0.25) is 0 Å². The van der Waals surface area contributed by atoms with Crippen molar-refractivity contribution in [3.05, 3.63) is 71.8 Å². The van der Waals surface area contributed by atoms with Crippen molar-refractivity contribution in [2.45, 2.75) is 184 Å². The number of aliphatic hydroxyl groups is 1. The standard InChI is InChI=1S/C59H76N2O9/c1-53(2)46-45(62)47(63)58(39-13-9-12-37(30-39)28-35-10-5-4-6-11-35)44(57(46)33-67-52(65)56(51(57)70-53)25-24-55(32-56)21-7-8-22-55)18-23-54(3)48(68-50(64)49-59(54,58)69-49)41-20-27-66-43(41)17-15-36-14-16-40-38(29-36)19-26-61-34-60-31-42(40)61/h4-6,10-11,19-20,26-27,36-40,42,44,46-49,51,60,63H,7-9,12-18,21-25,28-34H2,1-3H3/t36-,37+,38-,39+,40+,42+,44-,46-,47-,48+,49-,51+,54+,56+,57-,58+,59-/m1/s1. The number of Topliss-reactive ketones (excluding diaryl/α,β-unsaturated/α-hetero) is 1. The van der Waals surface area contributed by atoms with Crippen LogP contribution in [0.2, 0.25) is 0 Å². The Hall–Kier alpha value is -3.51. The third-order valence-corrected chi connectivity index (χ3v) is 23.1. The summed E-state index contributed by atoms with van der Waals surface area (Å²) in [5, 5.41) is 17.4. The second-order valence-corrected chi connectivity index (χ2v) is 26.4.